The summed E-state index contributed by atoms with van der Waals surface area (Å²) in [6, 6.07) is 0. The fraction of sp³-hybridized carbons (Fsp3) is 0.846. The van der Waals surface area contributed by atoms with Gasteiger partial charge in [0.05, 0.1) is 0 Å². The van der Waals surface area contributed by atoms with E-state index in [1.165, 1.54) is 6.08 Å². The molecular weight excluding hydrogens is 324 g/mol. The molecule has 2 rings (SSSR count). The van der Waals surface area contributed by atoms with Gasteiger partial charge in [0.15, 0.2) is 0 Å². The van der Waals surface area contributed by atoms with Crippen molar-refractivity contribution >= 4 is 0 Å². The quantitative estimate of drug-likeness (QED) is 0.532. The van der Waals surface area contributed by atoms with Crippen molar-refractivity contribution in [2.45, 2.75) is 43.6 Å². The number of hydrogen-bond acceptors (Lipinski definition) is 1. The second-order valence-electron chi connectivity index (χ2n) is 5.63. The van der Waals surface area contributed by atoms with E-state index in [1.54, 1.807) is 0 Å². The van der Waals surface area contributed by atoms with Gasteiger partial charge in [-0.15, -0.1) is 0 Å². The van der Waals surface area contributed by atoms with Crippen molar-refractivity contribution in [1.82, 2.24) is 0 Å². The van der Waals surface area contributed by atoms with Gasteiger partial charge in [-0.2, -0.15) is 26.3 Å². The van der Waals surface area contributed by atoms with E-state index in [2.05, 4.69) is 4.74 Å². The zero-order chi connectivity index (χ0) is 17.0. The first-order chi connectivity index (χ1) is 9.87. The van der Waals surface area contributed by atoms with Gasteiger partial charge in [0.1, 0.15) is 0 Å². The molecule has 2 bridgehead atoms. The molecular formula is C13H14F8O. The van der Waals surface area contributed by atoms with Crippen LogP contribution in [0.4, 0.5) is 35.1 Å². The first-order valence-electron chi connectivity index (χ1n) is 6.70. The number of rotatable bonds is 4. The Morgan fingerprint density at radius 3 is 1.95 bits per heavy atom. The minimum Gasteiger partial charge on any atom is -0.358 e. The standard InChI is InChI=1S/C13H14F8O/c1-2-22-10(12(16,17)18,13(19,20)21)6-9-7-3-4-8(5-7)11(9,14)15/h3-4,7-9H,2,5-6H2,1H3/t7-,8+,9-/m1/s1. The highest BCUT2D eigenvalue weighted by Crippen LogP contribution is 2.60. The van der Waals surface area contributed by atoms with Gasteiger partial charge in [-0.3, -0.25) is 0 Å². The van der Waals surface area contributed by atoms with Gasteiger partial charge in [-0.05, 0) is 19.3 Å². The third-order valence-electron chi connectivity index (χ3n) is 4.44. The molecule has 0 saturated heterocycles. The van der Waals surface area contributed by atoms with Gasteiger partial charge in [-0.1, -0.05) is 12.2 Å². The van der Waals surface area contributed by atoms with Crippen molar-refractivity contribution in [3.05, 3.63) is 12.2 Å². The summed E-state index contributed by atoms with van der Waals surface area (Å²) in [5, 5.41) is 0. The molecule has 1 saturated carbocycles. The van der Waals surface area contributed by atoms with Crippen LogP contribution in [0.1, 0.15) is 19.8 Å². The van der Waals surface area contributed by atoms with Crippen LogP contribution in [-0.4, -0.2) is 30.5 Å². The number of alkyl halides is 8. The third-order valence-corrected chi connectivity index (χ3v) is 4.44. The summed E-state index contributed by atoms with van der Waals surface area (Å²) in [6.07, 6.45) is -11.2. The molecule has 0 aromatic rings. The molecule has 0 radical (unpaired) electrons. The van der Waals surface area contributed by atoms with Crippen LogP contribution in [-0.2, 0) is 4.74 Å². The highest BCUT2D eigenvalue weighted by molar-refractivity contribution is 5.19. The van der Waals surface area contributed by atoms with E-state index in [0.29, 0.717) is 0 Å². The Balaban J connectivity index is 2.41. The van der Waals surface area contributed by atoms with E-state index in [-0.39, 0.29) is 6.42 Å². The zero-order valence-corrected chi connectivity index (χ0v) is 11.4. The summed E-state index contributed by atoms with van der Waals surface area (Å²) in [4.78, 5) is 0. The highest BCUT2D eigenvalue weighted by atomic mass is 19.4. The molecule has 0 aromatic heterocycles. The first-order valence-corrected chi connectivity index (χ1v) is 6.70. The van der Waals surface area contributed by atoms with Crippen molar-refractivity contribution in [3.63, 3.8) is 0 Å². The SMILES string of the molecule is CCOC(C[C@@H]1[C@@H]2C=C[C@@H](C2)C1(F)F)(C(F)(F)F)C(F)(F)F. The molecule has 0 unspecified atom stereocenters. The summed E-state index contributed by atoms with van der Waals surface area (Å²) in [5.74, 6) is -7.94. The Bertz CT molecular complexity index is 436. The Morgan fingerprint density at radius 1 is 1.05 bits per heavy atom. The van der Waals surface area contributed by atoms with Gasteiger partial charge in [0.2, 0.25) is 0 Å². The number of ether oxygens (including phenoxy) is 1. The van der Waals surface area contributed by atoms with Crippen molar-refractivity contribution in [3.8, 4) is 0 Å². The smallest absolute Gasteiger partial charge is 0.358 e. The van der Waals surface area contributed by atoms with Crippen LogP contribution in [0.3, 0.4) is 0 Å². The maximum Gasteiger partial charge on any atom is 0.426 e. The van der Waals surface area contributed by atoms with E-state index in [0.717, 1.165) is 13.0 Å². The summed E-state index contributed by atoms with van der Waals surface area (Å²) in [5.41, 5.74) is -4.57. The van der Waals surface area contributed by atoms with Crippen LogP contribution in [0.5, 0.6) is 0 Å². The molecule has 1 fully saturated rings. The molecule has 2 aliphatic rings. The van der Waals surface area contributed by atoms with Crippen LogP contribution >= 0.6 is 0 Å². The summed E-state index contributed by atoms with van der Waals surface area (Å²) in [7, 11) is 0. The lowest BCUT2D eigenvalue weighted by Crippen LogP contribution is -2.61. The monoisotopic (exact) mass is 338 g/mol. The minimum absolute atomic E-state index is 0.129. The zero-order valence-electron chi connectivity index (χ0n) is 11.4. The number of fused-ring (bicyclic) bond motifs is 2. The van der Waals surface area contributed by atoms with Gasteiger partial charge >= 0.3 is 12.4 Å². The molecule has 1 nitrogen and oxygen atoms in total. The number of hydrogen-bond donors (Lipinski definition) is 0. The normalized spacial score (nSPS) is 31.0. The van der Waals surface area contributed by atoms with E-state index in [4.69, 9.17) is 0 Å². The average Bonchev–Trinajstić information content (AvgIpc) is 2.87. The summed E-state index contributed by atoms with van der Waals surface area (Å²) < 4.78 is 111. The van der Waals surface area contributed by atoms with E-state index in [1.807, 2.05) is 0 Å². The second-order valence-corrected chi connectivity index (χ2v) is 5.63. The summed E-state index contributed by atoms with van der Waals surface area (Å²) >= 11 is 0. The Morgan fingerprint density at radius 2 is 1.59 bits per heavy atom. The van der Waals surface area contributed by atoms with Crippen LogP contribution in [0.2, 0.25) is 0 Å². The fourth-order valence-corrected chi connectivity index (χ4v) is 3.33. The van der Waals surface area contributed by atoms with Gasteiger partial charge in [0.25, 0.3) is 11.5 Å². The number of allylic oxidation sites excluding steroid dienone is 2. The molecule has 128 valence electrons. The molecule has 22 heavy (non-hydrogen) atoms. The van der Waals surface area contributed by atoms with Crippen LogP contribution in [0.25, 0.3) is 0 Å². The minimum atomic E-state index is -5.83. The van der Waals surface area contributed by atoms with Gasteiger partial charge in [0, 0.05) is 24.9 Å². The molecule has 0 heterocycles. The topological polar surface area (TPSA) is 9.23 Å². The fourth-order valence-electron chi connectivity index (χ4n) is 3.33. The molecule has 0 aliphatic heterocycles. The van der Waals surface area contributed by atoms with Crippen molar-refractivity contribution in [2.24, 2.45) is 17.8 Å². The highest BCUT2D eigenvalue weighted by Gasteiger charge is 2.75. The van der Waals surface area contributed by atoms with Crippen molar-refractivity contribution in [2.75, 3.05) is 6.61 Å². The molecule has 0 aromatic carbocycles. The lowest BCUT2D eigenvalue weighted by molar-refractivity contribution is -0.387. The Hall–Kier alpha value is -0.860. The van der Waals surface area contributed by atoms with Crippen LogP contribution in [0, 0.1) is 17.8 Å². The molecule has 0 N–H and O–H groups in total. The predicted octanol–water partition coefficient (Wildman–Crippen LogP) is 4.73. The Labute approximate surface area is 121 Å². The van der Waals surface area contributed by atoms with Gasteiger partial charge in [-0.25, -0.2) is 8.78 Å². The number of halogens is 8. The summed E-state index contributed by atoms with van der Waals surface area (Å²) in [6.45, 7) is 0.0757. The van der Waals surface area contributed by atoms with Crippen LogP contribution < -0.4 is 0 Å². The lowest BCUT2D eigenvalue weighted by atomic mass is 9.79. The third kappa shape index (κ3) is 2.41. The second kappa shape index (κ2) is 5.07. The Kier molecular flexibility index (Phi) is 4.03. The van der Waals surface area contributed by atoms with Gasteiger partial charge < -0.3 is 4.74 Å². The largest absolute Gasteiger partial charge is 0.426 e. The molecule has 0 spiro atoms. The van der Waals surface area contributed by atoms with E-state index >= 15 is 0 Å². The molecule has 0 amide bonds. The maximum atomic E-state index is 14.0. The predicted molar refractivity (Wildman–Crippen MR) is 60.3 cm³/mol. The lowest BCUT2D eigenvalue weighted by Gasteiger charge is -2.41. The van der Waals surface area contributed by atoms with Crippen molar-refractivity contribution < 1.29 is 39.9 Å². The van der Waals surface area contributed by atoms with E-state index in [9.17, 15) is 35.1 Å². The van der Waals surface area contributed by atoms with Crippen LogP contribution in [0.15, 0.2) is 12.2 Å². The molecule has 3 atom stereocenters. The average molecular weight is 338 g/mol. The first kappa shape index (κ1) is 17.5. The van der Waals surface area contributed by atoms with E-state index < -0.39 is 54.7 Å². The van der Waals surface area contributed by atoms with Crippen molar-refractivity contribution in [1.29, 1.82) is 0 Å². The molecule has 2 aliphatic carbocycles. The molecule has 9 heteroatoms. The maximum absolute atomic E-state index is 14.0.